The molecule has 1 heteroatoms. The molecule has 0 fully saturated rings. The minimum absolute atomic E-state index is 0. The number of hydrogen-bond acceptors (Lipinski definition) is 0. The topological polar surface area (TPSA) is 0 Å². The zero-order chi connectivity index (χ0) is 8.39. The molecule has 0 N–H and O–H groups in total. The average molecular weight is 249 g/mol. The first-order valence-corrected chi connectivity index (χ1v) is 4.67. The first kappa shape index (κ1) is 10.9. The van der Waals surface area contributed by atoms with Crippen LogP contribution in [0.25, 0.3) is 6.08 Å². The third-order valence-electron chi connectivity index (χ3n) is 2.40. The molecule has 0 unspecified atom stereocenters. The molecule has 0 aliphatic heterocycles. The van der Waals surface area contributed by atoms with E-state index in [0.717, 1.165) is 0 Å². The average Bonchev–Trinajstić information content (AvgIpc) is 2.47. The van der Waals surface area contributed by atoms with Gasteiger partial charge in [0.05, 0.1) is 0 Å². The molecule has 13 heavy (non-hydrogen) atoms. The van der Waals surface area contributed by atoms with Crippen LogP contribution in [0, 0.1) is 0 Å². The second-order valence-corrected chi connectivity index (χ2v) is 3.43. The van der Waals surface area contributed by atoms with Crippen LogP contribution >= 0.6 is 0 Å². The van der Waals surface area contributed by atoms with Gasteiger partial charge in [-0.25, -0.2) is 0 Å². The van der Waals surface area contributed by atoms with Crippen molar-refractivity contribution >= 4 is 6.08 Å². The van der Waals surface area contributed by atoms with E-state index in [1.54, 1.807) is 5.57 Å². The maximum atomic E-state index is 2.35. The van der Waals surface area contributed by atoms with Crippen molar-refractivity contribution in [1.82, 2.24) is 0 Å². The maximum Gasteiger partial charge on any atom is 0 e. The van der Waals surface area contributed by atoms with Gasteiger partial charge >= 0.3 is 0 Å². The molecule has 1 aliphatic carbocycles. The molecule has 0 amide bonds. The van der Waals surface area contributed by atoms with E-state index in [2.05, 4.69) is 37.3 Å². The van der Waals surface area contributed by atoms with Gasteiger partial charge in [0.1, 0.15) is 0 Å². The predicted molar refractivity (Wildman–Crippen MR) is 53.0 cm³/mol. The molecule has 0 nitrogen and oxygen atoms in total. The minimum Gasteiger partial charge on any atom is -0.0652 e. The van der Waals surface area contributed by atoms with Crippen LogP contribution in [0.3, 0.4) is 0 Å². The molecule has 1 aromatic rings. The molecule has 0 bridgehead atoms. The van der Waals surface area contributed by atoms with E-state index in [4.69, 9.17) is 0 Å². The standard InChI is InChI=1S/C12H14.Zr/c1-2-5-10-8-11-6-3-4-7-12(11)9-10;/h3-4,6-8H,2,5,9H2,1H3;. The number of hydrogen-bond donors (Lipinski definition) is 0. The normalized spacial score (nSPS) is 13.2. The van der Waals surface area contributed by atoms with Crippen molar-refractivity contribution in [2.24, 2.45) is 0 Å². The summed E-state index contributed by atoms with van der Waals surface area (Å²) in [4.78, 5) is 0. The number of rotatable bonds is 2. The first-order chi connectivity index (χ1) is 5.90. The van der Waals surface area contributed by atoms with Gasteiger partial charge in [0.2, 0.25) is 0 Å². The summed E-state index contributed by atoms with van der Waals surface area (Å²) in [5, 5.41) is 0. The Balaban J connectivity index is 0.000000845. The fourth-order valence-electron chi connectivity index (χ4n) is 1.83. The van der Waals surface area contributed by atoms with E-state index < -0.39 is 0 Å². The van der Waals surface area contributed by atoms with E-state index in [-0.39, 0.29) is 26.2 Å². The monoisotopic (exact) mass is 248 g/mol. The van der Waals surface area contributed by atoms with E-state index >= 15 is 0 Å². The molecule has 1 aliphatic rings. The van der Waals surface area contributed by atoms with Crippen LogP contribution in [0.15, 0.2) is 29.8 Å². The largest absolute Gasteiger partial charge is 0.0652 e. The van der Waals surface area contributed by atoms with Crippen molar-refractivity contribution < 1.29 is 26.2 Å². The molecule has 66 valence electrons. The van der Waals surface area contributed by atoms with Crippen LogP contribution in [0.2, 0.25) is 0 Å². The van der Waals surface area contributed by atoms with Crippen LogP contribution in [0.4, 0.5) is 0 Å². The Morgan fingerprint density at radius 2 is 2.00 bits per heavy atom. The third-order valence-corrected chi connectivity index (χ3v) is 2.40. The molecule has 2 rings (SSSR count). The fourth-order valence-corrected chi connectivity index (χ4v) is 1.83. The summed E-state index contributed by atoms with van der Waals surface area (Å²) >= 11 is 0. The second-order valence-electron chi connectivity index (χ2n) is 3.43. The Bertz CT molecular complexity index is 313. The van der Waals surface area contributed by atoms with E-state index in [0.29, 0.717) is 0 Å². The molecule has 0 radical (unpaired) electrons. The molecular formula is C12H14Zr. The van der Waals surface area contributed by atoms with Crippen molar-refractivity contribution in [3.63, 3.8) is 0 Å². The SMILES string of the molecule is CCCC1=Cc2ccccc2C1.[Zr]. The fraction of sp³-hybridized carbons (Fsp3) is 0.333. The second kappa shape index (κ2) is 4.91. The quantitative estimate of drug-likeness (QED) is 0.753. The minimum atomic E-state index is 0. The molecule has 0 spiro atoms. The van der Waals surface area contributed by atoms with Gasteiger partial charge in [-0.2, -0.15) is 0 Å². The number of fused-ring (bicyclic) bond motifs is 1. The predicted octanol–water partition coefficient (Wildman–Crippen LogP) is 3.42. The summed E-state index contributed by atoms with van der Waals surface area (Å²) in [7, 11) is 0. The molecule has 1 aromatic carbocycles. The van der Waals surface area contributed by atoms with Crippen molar-refractivity contribution in [3.8, 4) is 0 Å². The van der Waals surface area contributed by atoms with Crippen molar-refractivity contribution in [2.75, 3.05) is 0 Å². The molecule has 0 atom stereocenters. The number of benzene rings is 1. The number of allylic oxidation sites excluding steroid dienone is 1. The first-order valence-electron chi connectivity index (χ1n) is 4.67. The maximum absolute atomic E-state index is 2.35. The Morgan fingerprint density at radius 1 is 1.23 bits per heavy atom. The molecule has 0 aromatic heterocycles. The van der Waals surface area contributed by atoms with Gasteiger partial charge in [0.15, 0.2) is 0 Å². The summed E-state index contributed by atoms with van der Waals surface area (Å²) < 4.78 is 0. The van der Waals surface area contributed by atoms with Gasteiger partial charge in [-0.15, -0.1) is 0 Å². The van der Waals surface area contributed by atoms with Gasteiger partial charge in [-0.3, -0.25) is 0 Å². The van der Waals surface area contributed by atoms with Gasteiger partial charge < -0.3 is 0 Å². The van der Waals surface area contributed by atoms with E-state index in [1.807, 2.05) is 0 Å². The van der Waals surface area contributed by atoms with E-state index in [9.17, 15) is 0 Å². The molecule has 0 saturated carbocycles. The van der Waals surface area contributed by atoms with Gasteiger partial charge in [0, 0.05) is 26.2 Å². The van der Waals surface area contributed by atoms with Crippen LogP contribution < -0.4 is 0 Å². The molecule has 0 saturated heterocycles. The smallest absolute Gasteiger partial charge is 0 e. The van der Waals surface area contributed by atoms with Crippen molar-refractivity contribution in [1.29, 1.82) is 0 Å². The summed E-state index contributed by atoms with van der Waals surface area (Å²) in [6, 6.07) is 8.68. The Hall–Kier alpha value is -0.157. The molecule has 0 heterocycles. The van der Waals surface area contributed by atoms with Crippen LogP contribution in [-0.4, -0.2) is 0 Å². The Labute approximate surface area is 99.2 Å². The van der Waals surface area contributed by atoms with Crippen LogP contribution in [0.5, 0.6) is 0 Å². The summed E-state index contributed by atoms with van der Waals surface area (Å²) in [5.74, 6) is 0. The van der Waals surface area contributed by atoms with Crippen molar-refractivity contribution in [3.05, 3.63) is 41.0 Å². The van der Waals surface area contributed by atoms with Crippen LogP contribution in [-0.2, 0) is 32.6 Å². The zero-order valence-electron chi connectivity index (χ0n) is 8.01. The van der Waals surface area contributed by atoms with Gasteiger partial charge in [-0.1, -0.05) is 49.3 Å². The van der Waals surface area contributed by atoms with Gasteiger partial charge in [-0.05, 0) is 24.0 Å². The molecular weight excluding hydrogens is 235 g/mol. The summed E-state index contributed by atoms with van der Waals surface area (Å²) in [6.07, 6.45) is 6.05. The zero-order valence-corrected chi connectivity index (χ0v) is 10.5. The van der Waals surface area contributed by atoms with Crippen molar-refractivity contribution in [2.45, 2.75) is 26.2 Å². The Kier molecular flexibility index (Phi) is 4.12. The third kappa shape index (κ3) is 2.40. The summed E-state index contributed by atoms with van der Waals surface area (Å²) in [6.45, 7) is 2.24. The Morgan fingerprint density at radius 3 is 2.69 bits per heavy atom. The van der Waals surface area contributed by atoms with Crippen LogP contribution in [0.1, 0.15) is 30.9 Å². The van der Waals surface area contributed by atoms with E-state index in [1.165, 1.54) is 30.4 Å². The van der Waals surface area contributed by atoms with Gasteiger partial charge in [0.25, 0.3) is 0 Å². The summed E-state index contributed by atoms with van der Waals surface area (Å²) in [5.41, 5.74) is 4.53.